The third kappa shape index (κ3) is 3.74. The Bertz CT molecular complexity index is 695. The van der Waals surface area contributed by atoms with Crippen LogP contribution in [0.15, 0.2) is 12.1 Å². The summed E-state index contributed by atoms with van der Waals surface area (Å²) >= 11 is 0. The number of methoxy groups -OCH3 is 1. The number of nitrogens with zero attached hydrogens (tertiary/aromatic N) is 1. The molecule has 5 heteroatoms. The summed E-state index contributed by atoms with van der Waals surface area (Å²) in [5.41, 5.74) is 2.38. The van der Waals surface area contributed by atoms with Crippen molar-refractivity contribution >= 4 is 6.03 Å². The van der Waals surface area contributed by atoms with Crippen LogP contribution in [0.25, 0.3) is 0 Å². The van der Waals surface area contributed by atoms with Crippen molar-refractivity contribution < 1.29 is 14.6 Å². The normalized spacial score (nSPS) is 24.2. The zero-order valence-electron chi connectivity index (χ0n) is 17.2. The third-order valence-electron chi connectivity index (χ3n) is 7.06. The Morgan fingerprint density at radius 3 is 2.59 bits per heavy atom. The van der Waals surface area contributed by atoms with E-state index < -0.39 is 0 Å². The van der Waals surface area contributed by atoms with Crippen molar-refractivity contribution in [1.82, 2.24) is 10.2 Å². The third-order valence-corrected chi connectivity index (χ3v) is 7.06. The van der Waals surface area contributed by atoms with E-state index in [-0.39, 0.29) is 22.6 Å². The summed E-state index contributed by atoms with van der Waals surface area (Å²) in [7, 11) is 1.59. The Morgan fingerprint density at radius 2 is 1.93 bits per heavy atom. The first-order chi connectivity index (χ1) is 12.8. The highest BCUT2D eigenvalue weighted by Crippen LogP contribution is 2.53. The number of piperidine rings is 1. The van der Waals surface area contributed by atoms with Crippen LogP contribution in [0.4, 0.5) is 4.79 Å². The van der Waals surface area contributed by atoms with Gasteiger partial charge in [-0.3, -0.25) is 0 Å². The number of carbonyl (C=O) groups excluding carboxylic acids is 1. The van der Waals surface area contributed by atoms with E-state index in [2.05, 4.69) is 26.1 Å². The molecule has 1 unspecified atom stereocenters. The number of urea groups is 1. The number of rotatable bonds is 4. The molecule has 3 rings (SSSR count). The number of hydrogen-bond acceptors (Lipinski definition) is 3. The van der Waals surface area contributed by atoms with E-state index in [1.165, 1.54) is 17.5 Å². The van der Waals surface area contributed by atoms with Gasteiger partial charge in [0.25, 0.3) is 0 Å². The minimum Gasteiger partial charge on any atom is -0.504 e. The summed E-state index contributed by atoms with van der Waals surface area (Å²) < 4.78 is 5.30. The molecule has 5 nitrogen and oxygen atoms in total. The number of ether oxygens (including phenoxy) is 1. The molecule has 0 aromatic heterocycles. The van der Waals surface area contributed by atoms with Gasteiger partial charge in [0.15, 0.2) is 11.5 Å². The van der Waals surface area contributed by atoms with Gasteiger partial charge in [0, 0.05) is 19.6 Å². The van der Waals surface area contributed by atoms with Gasteiger partial charge in [-0.25, -0.2) is 4.79 Å². The molecule has 27 heavy (non-hydrogen) atoms. The first kappa shape index (κ1) is 19.8. The van der Waals surface area contributed by atoms with E-state index in [0.29, 0.717) is 12.3 Å². The first-order valence-corrected chi connectivity index (χ1v) is 10.2. The van der Waals surface area contributed by atoms with Crippen molar-refractivity contribution in [3.05, 3.63) is 23.3 Å². The summed E-state index contributed by atoms with van der Waals surface area (Å²) in [6, 6.07) is 3.91. The number of fused-ring (bicyclic) bond motifs is 1. The fourth-order valence-electron chi connectivity index (χ4n) is 4.68. The predicted molar refractivity (Wildman–Crippen MR) is 108 cm³/mol. The Morgan fingerprint density at radius 1 is 1.22 bits per heavy atom. The van der Waals surface area contributed by atoms with Crippen molar-refractivity contribution in [2.24, 2.45) is 5.41 Å². The number of phenols is 1. The number of hydrogen-bond donors (Lipinski definition) is 2. The monoisotopic (exact) mass is 374 g/mol. The molecule has 150 valence electrons. The van der Waals surface area contributed by atoms with Crippen LogP contribution >= 0.6 is 0 Å². The van der Waals surface area contributed by atoms with Crippen LogP contribution in [0.2, 0.25) is 0 Å². The number of aryl methyl sites for hydroxylation is 1. The van der Waals surface area contributed by atoms with Gasteiger partial charge in [0.2, 0.25) is 0 Å². The van der Waals surface area contributed by atoms with Crippen molar-refractivity contribution in [3.8, 4) is 11.5 Å². The fourth-order valence-corrected chi connectivity index (χ4v) is 4.68. The Kier molecular flexibility index (Phi) is 5.59. The van der Waals surface area contributed by atoms with Gasteiger partial charge in [-0.15, -0.1) is 0 Å². The maximum atomic E-state index is 12.4. The first-order valence-electron chi connectivity index (χ1n) is 10.2. The fraction of sp³-hybridized carbons (Fsp3) is 0.682. The van der Waals surface area contributed by atoms with Gasteiger partial charge < -0.3 is 20.1 Å². The van der Waals surface area contributed by atoms with Crippen LogP contribution in [-0.2, 0) is 11.8 Å². The van der Waals surface area contributed by atoms with Gasteiger partial charge in [-0.1, -0.05) is 20.8 Å². The molecule has 1 aromatic rings. The lowest BCUT2D eigenvalue weighted by atomic mass is 9.55. The summed E-state index contributed by atoms with van der Waals surface area (Å²) in [4.78, 5) is 14.4. The maximum Gasteiger partial charge on any atom is 0.317 e. The minimum atomic E-state index is -0.125. The van der Waals surface area contributed by atoms with E-state index in [4.69, 9.17) is 4.74 Å². The zero-order valence-corrected chi connectivity index (χ0v) is 17.2. The van der Waals surface area contributed by atoms with Crippen LogP contribution < -0.4 is 10.1 Å². The molecule has 2 amide bonds. The van der Waals surface area contributed by atoms with Gasteiger partial charge in [0.1, 0.15) is 0 Å². The van der Waals surface area contributed by atoms with Gasteiger partial charge in [-0.2, -0.15) is 0 Å². The molecule has 1 aliphatic carbocycles. The second-order valence-corrected chi connectivity index (χ2v) is 8.93. The average Bonchev–Trinajstić information content (AvgIpc) is 2.66. The zero-order chi connectivity index (χ0) is 19.7. The molecular formula is C22H34N2O3. The SMILES string of the molecule is COc1cc2c(cc1O)C(C)(CCNC(=O)N1CCCCC1)C(C)(C)CC2. The van der Waals surface area contributed by atoms with E-state index in [0.717, 1.165) is 45.2 Å². The minimum absolute atomic E-state index is 0.0599. The molecule has 1 fully saturated rings. The van der Waals surface area contributed by atoms with E-state index >= 15 is 0 Å². The molecule has 1 aliphatic heterocycles. The van der Waals surface area contributed by atoms with Crippen LogP contribution in [0.1, 0.15) is 64.0 Å². The Balaban J connectivity index is 1.76. The molecule has 1 heterocycles. The van der Waals surface area contributed by atoms with Crippen LogP contribution in [0.3, 0.4) is 0 Å². The van der Waals surface area contributed by atoms with Crippen molar-refractivity contribution in [2.75, 3.05) is 26.7 Å². The lowest BCUT2D eigenvalue weighted by Crippen LogP contribution is -2.48. The summed E-state index contributed by atoms with van der Waals surface area (Å²) in [6.07, 6.45) is 6.33. The topological polar surface area (TPSA) is 61.8 Å². The smallest absolute Gasteiger partial charge is 0.317 e. The van der Waals surface area contributed by atoms with Gasteiger partial charge in [0.05, 0.1) is 7.11 Å². The number of aromatic hydroxyl groups is 1. The number of amides is 2. The maximum absolute atomic E-state index is 12.4. The molecule has 0 saturated carbocycles. The van der Waals surface area contributed by atoms with E-state index in [9.17, 15) is 9.90 Å². The molecule has 2 aliphatic rings. The van der Waals surface area contributed by atoms with Crippen LogP contribution in [0.5, 0.6) is 11.5 Å². The van der Waals surface area contributed by atoms with Crippen molar-refractivity contribution in [1.29, 1.82) is 0 Å². The second-order valence-electron chi connectivity index (χ2n) is 8.93. The summed E-state index contributed by atoms with van der Waals surface area (Å²) in [5.74, 6) is 0.728. The summed E-state index contributed by atoms with van der Waals surface area (Å²) in [6.45, 7) is 9.23. The van der Waals surface area contributed by atoms with E-state index in [1.807, 2.05) is 17.0 Å². The summed E-state index contributed by atoms with van der Waals surface area (Å²) in [5, 5.41) is 13.5. The standard InChI is InChI=1S/C22H34N2O3/c1-21(2)9-8-16-14-19(27-4)18(25)15-17(16)22(21,3)10-11-23-20(26)24-12-6-5-7-13-24/h14-15,25H,5-13H2,1-4H3,(H,23,26). The molecule has 1 saturated heterocycles. The molecule has 0 radical (unpaired) electrons. The Labute approximate surface area is 163 Å². The highest BCUT2D eigenvalue weighted by atomic mass is 16.5. The number of likely N-dealkylation sites (tertiary alicyclic amines) is 1. The molecule has 0 spiro atoms. The predicted octanol–water partition coefficient (Wildman–Crippen LogP) is 4.22. The number of phenolic OH excluding ortho intramolecular Hbond substituents is 1. The Hall–Kier alpha value is -1.91. The lowest BCUT2D eigenvalue weighted by Gasteiger charge is -2.49. The highest BCUT2D eigenvalue weighted by molar-refractivity contribution is 5.74. The van der Waals surface area contributed by atoms with Crippen molar-refractivity contribution in [2.45, 2.75) is 64.7 Å². The molecule has 1 atom stereocenters. The highest BCUT2D eigenvalue weighted by Gasteiger charge is 2.46. The lowest BCUT2D eigenvalue weighted by molar-refractivity contribution is 0.133. The van der Waals surface area contributed by atoms with E-state index in [1.54, 1.807) is 7.11 Å². The molecule has 2 N–H and O–H groups in total. The quantitative estimate of drug-likeness (QED) is 0.830. The number of carbonyl (C=O) groups is 1. The molecule has 1 aromatic carbocycles. The van der Waals surface area contributed by atoms with Gasteiger partial charge in [-0.05, 0) is 72.6 Å². The average molecular weight is 375 g/mol. The second kappa shape index (κ2) is 7.61. The van der Waals surface area contributed by atoms with Crippen LogP contribution in [0, 0.1) is 5.41 Å². The van der Waals surface area contributed by atoms with Crippen molar-refractivity contribution in [3.63, 3.8) is 0 Å². The molecular weight excluding hydrogens is 340 g/mol. The molecule has 0 bridgehead atoms. The van der Waals surface area contributed by atoms with Crippen LogP contribution in [-0.4, -0.2) is 42.8 Å². The number of benzene rings is 1. The van der Waals surface area contributed by atoms with Gasteiger partial charge >= 0.3 is 6.03 Å². The number of nitrogens with one attached hydrogen (secondary N) is 1. The largest absolute Gasteiger partial charge is 0.504 e.